The van der Waals surface area contributed by atoms with E-state index >= 15 is 0 Å². The summed E-state index contributed by atoms with van der Waals surface area (Å²) in [6.45, 7) is 8.73. The summed E-state index contributed by atoms with van der Waals surface area (Å²) in [7, 11) is 0. The lowest BCUT2D eigenvalue weighted by Gasteiger charge is -2.29. The summed E-state index contributed by atoms with van der Waals surface area (Å²) in [6, 6.07) is 6.88. The third kappa shape index (κ3) is 6.22. The van der Waals surface area contributed by atoms with Crippen molar-refractivity contribution in [2.45, 2.75) is 53.1 Å². The highest BCUT2D eigenvalue weighted by Gasteiger charge is 2.26. The number of nitrogens with one attached hydrogen (secondary N) is 1. The van der Waals surface area contributed by atoms with Crippen molar-refractivity contribution in [2.75, 3.05) is 6.54 Å². The lowest BCUT2D eigenvalue weighted by atomic mass is 10.1. The second kappa shape index (κ2) is 9.56. The van der Waals surface area contributed by atoms with E-state index in [-0.39, 0.29) is 11.8 Å². The van der Waals surface area contributed by atoms with E-state index in [0.717, 1.165) is 12.0 Å². The molecule has 0 aliphatic rings. The molecule has 1 aromatic carbocycles. The van der Waals surface area contributed by atoms with E-state index in [2.05, 4.69) is 5.32 Å². The Kier molecular flexibility index (Phi) is 8.10. The molecular weight excluding hydrogens is 312 g/mol. The van der Waals surface area contributed by atoms with Crippen LogP contribution in [0.2, 0.25) is 5.02 Å². The first-order chi connectivity index (χ1) is 10.9. The second-order valence-corrected chi connectivity index (χ2v) is 6.59. The van der Waals surface area contributed by atoms with Crippen LogP contribution in [0.3, 0.4) is 0 Å². The minimum absolute atomic E-state index is 0.0281. The van der Waals surface area contributed by atoms with Gasteiger partial charge in [-0.3, -0.25) is 9.59 Å². The van der Waals surface area contributed by atoms with Crippen molar-refractivity contribution in [3.05, 3.63) is 34.9 Å². The van der Waals surface area contributed by atoms with Crippen LogP contribution in [0.15, 0.2) is 24.3 Å². The molecule has 0 aromatic heterocycles. The summed E-state index contributed by atoms with van der Waals surface area (Å²) in [6.07, 6.45) is 1.17. The Labute approximate surface area is 144 Å². The minimum atomic E-state index is -0.524. The highest BCUT2D eigenvalue weighted by Crippen LogP contribution is 2.19. The largest absolute Gasteiger partial charge is 0.354 e. The van der Waals surface area contributed by atoms with Crippen LogP contribution in [0.25, 0.3) is 0 Å². The Morgan fingerprint density at radius 2 is 1.87 bits per heavy atom. The minimum Gasteiger partial charge on any atom is -0.354 e. The van der Waals surface area contributed by atoms with E-state index in [9.17, 15) is 9.59 Å². The maximum Gasteiger partial charge on any atom is 0.242 e. The molecule has 1 unspecified atom stereocenters. The maximum absolute atomic E-state index is 12.4. The van der Waals surface area contributed by atoms with E-state index < -0.39 is 6.04 Å². The van der Waals surface area contributed by atoms with Crippen LogP contribution in [-0.4, -0.2) is 29.3 Å². The van der Waals surface area contributed by atoms with Gasteiger partial charge in [-0.05, 0) is 30.9 Å². The smallest absolute Gasteiger partial charge is 0.242 e. The number of rotatable bonds is 8. The number of nitrogens with zero attached hydrogens (tertiary/aromatic N) is 1. The van der Waals surface area contributed by atoms with Gasteiger partial charge in [-0.2, -0.15) is 0 Å². The molecule has 0 saturated heterocycles. The number of carbonyl (C=O) groups excluding carboxylic acids is 2. The molecule has 2 amide bonds. The fourth-order valence-corrected chi connectivity index (χ4v) is 2.40. The number of halogens is 1. The van der Waals surface area contributed by atoms with Crippen LogP contribution < -0.4 is 5.32 Å². The molecule has 1 N–H and O–H groups in total. The van der Waals surface area contributed by atoms with Gasteiger partial charge in [0.25, 0.3) is 0 Å². The van der Waals surface area contributed by atoms with Crippen LogP contribution in [-0.2, 0) is 16.1 Å². The van der Waals surface area contributed by atoms with E-state index in [1.165, 1.54) is 0 Å². The Balaban J connectivity index is 2.89. The normalized spacial score (nSPS) is 12.1. The van der Waals surface area contributed by atoms with Crippen LogP contribution in [0.5, 0.6) is 0 Å². The fraction of sp³-hybridized carbons (Fsp3) is 0.556. The standard InChI is InChI=1S/C18H27ClN2O2/c1-5-8-17(22)21(12-15-9-6-7-10-16(15)19)14(4)18(23)20-11-13(2)3/h6-7,9-10,13-14H,5,8,11-12H2,1-4H3,(H,20,23). The fourth-order valence-electron chi connectivity index (χ4n) is 2.20. The van der Waals surface area contributed by atoms with Crippen molar-refractivity contribution in [1.29, 1.82) is 0 Å². The number of hydrogen-bond donors (Lipinski definition) is 1. The first kappa shape index (κ1) is 19.5. The molecule has 0 aliphatic carbocycles. The summed E-state index contributed by atoms with van der Waals surface area (Å²) in [5, 5.41) is 3.50. The third-order valence-corrected chi connectivity index (χ3v) is 3.98. The van der Waals surface area contributed by atoms with Gasteiger partial charge < -0.3 is 10.2 Å². The Morgan fingerprint density at radius 3 is 2.43 bits per heavy atom. The summed E-state index contributed by atoms with van der Waals surface area (Å²) in [5.74, 6) is 0.212. The summed E-state index contributed by atoms with van der Waals surface area (Å²) in [4.78, 5) is 26.4. The molecule has 5 heteroatoms. The molecular formula is C18H27ClN2O2. The lowest BCUT2D eigenvalue weighted by Crippen LogP contribution is -2.48. The Hall–Kier alpha value is -1.55. The summed E-state index contributed by atoms with van der Waals surface area (Å²) < 4.78 is 0. The SMILES string of the molecule is CCCC(=O)N(Cc1ccccc1Cl)C(C)C(=O)NCC(C)C. The Morgan fingerprint density at radius 1 is 1.22 bits per heavy atom. The molecule has 0 radical (unpaired) electrons. The van der Waals surface area contributed by atoms with Gasteiger partial charge in [0.1, 0.15) is 6.04 Å². The zero-order valence-electron chi connectivity index (χ0n) is 14.4. The second-order valence-electron chi connectivity index (χ2n) is 6.18. The highest BCUT2D eigenvalue weighted by atomic mass is 35.5. The molecule has 0 saturated carbocycles. The number of carbonyl (C=O) groups is 2. The van der Waals surface area contributed by atoms with Crippen molar-refractivity contribution in [1.82, 2.24) is 10.2 Å². The predicted molar refractivity (Wildman–Crippen MR) is 94.2 cm³/mol. The van der Waals surface area contributed by atoms with E-state index in [1.807, 2.05) is 39.0 Å². The maximum atomic E-state index is 12.4. The molecule has 0 heterocycles. The molecule has 4 nitrogen and oxygen atoms in total. The van der Waals surface area contributed by atoms with Gasteiger partial charge in [0.05, 0.1) is 0 Å². The number of benzene rings is 1. The first-order valence-corrected chi connectivity index (χ1v) is 8.55. The average Bonchev–Trinajstić information content (AvgIpc) is 2.51. The summed E-state index contributed by atoms with van der Waals surface area (Å²) in [5.41, 5.74) is 0.849. The van der Waals surface area contributed by atoms with E-state index in [0.29, 0.717) is 30.5 Å². The average molecular weight is 339 g/mol. The third-order valence-electron chi connectivity index (χ3n) is 3.61. The lowest BCUT2D eigenvalue weighted by molar-refractivity contribution is -0.140. The molecule has 0 bridgehead atoms. The van der Waals surface area contributed by atoms with E-state index in [4.69, 9.17) is 11.6 Å². The van der Waals surface area contributed by atoms with Gasteiger partial charge in [0.15, 0.2) is 0 Å². The molecule has 23 heavy (non-hydrogen) atoms. The van der Waals surface area contributed by atoms with Gasteiger partial charge in [-0.25, -0.2) is 0 Å². The molecule has 1 rings (SSSR count). The topological polar surface area (TPSA) is 49.4 Å². The van der Waals surface area contributed by atoms with Crippen molar-refractivity contribution in [3.63, 3.8) is 0 Å². The first-order valence-electron chi connectivity index (χ1n) is 8.17. The van der Waals surface area contributed by atoms with Crippen molar-refractivity contribution < 1.29 is 9.59 Å². The van der Waals surface area contributed by atoms with Gasteiger partial charge in [-0.15, -0.1) is 0 Å². The molecule has 1 aromatic rings. The van der Waals surface area contributed by atoms with Gasteiger partial charge >= 0.3 is 0 Å². The van der Waals surface area contributed by atoms with Gasteiger partial charge in [0, 0.05) is 24.5 Å². The monoisotopic (exact) mass is 338 g/mol. The molecule has 1 atom stereocenters. The number of amides is 2. The van der Waals surface area contributed by atoms with Gasteiger partial charge in [-0.1, -0.05) is 50.6 Å². The molecule has 128 valence electrons. The van der Waals surface area contributed by atoms with Crippen LogP contribution in [0.4, 0.5) is 0 Å². The highest BCUT2D eigenvalue weighted by molar-refractivity contribution is 6.31. The predicted octanol–water partition coefficient (Wildman–Crippen LogP) is 3.63. The zero-order chi connectivity index (χ0) is 17.4. The quantitative estimate of drug-likeness (QED) is 0.786. The molecule has 0 spiro atoms. The van der Waals surface area contributed by atoms with E-state index in [1.54, 1.807) is 17.9 Å². The summed E-state index contributed by atoms with van der Waals surface area (Å²) >= 11 is 6.20. The van der Waals surface area contributed by atoms with Crippen molar-refractivity contribution in [2.24, 2.45) is 5.92 Å². The number of hydrogen-bond acceptors (Lipinski definition) is 2. The Bertz CT molecular complexity index is 532. The molecule has 0 aliphatic heterocycles. The molecule has 0 fully saturated rings. The van der Waals surface area contributed by atoms with Crippen molar-refractivity contribution >= 4 is 23.4 Å². The van der Waals surface area contributed by atoms with Gasteiger partial charge in [0.2, 0.25) is 11.8 Å². The van der Waals surface area contributed by atoms with Crippen LogP contribution in [0, 0.1) is 5.92 Å². The zero-order valence-corrected chi connectivity index (χ0v) is 15.2. The van der Waals surface area contributed by atoms with Crippen LogP contribution >= 0.6 is 11.6 Å². The van der Waals surface area contributed by atoms with Crippen LogP contribution in [0.1, 0.15) is 46.1 Å². The van der Waals surface area contributed by atoms with Crippen molar-refractivity contribution in [3.8, 4) is 0 Å².